The average molecular weight is 487 g/mol. The molecule has 2 aliphatic heterocycles. The predicted molar refractivity (Wildman–Crippen MR) is 133 cm³/mol. The summed E-state index contributed by atoms with van der Waals surface area (Å²) in [6.45, 7) is 9.18. The van der Waals surface area contributed by atoms with Crippen LogP contribution in [0, 0.1) is 13.8 Å². The molecule has 0 amide bonds. The van der Waals surface area contributed by atoms with Gasteiger partial charge in [0.2, 0.25) is 0 Å². The van der Waals surface area contributed by atoms with Gasteiger partial charge in [-0.1, -0.05) is 43.1 Å². The van der Waals surface area contributed by atoms with E-state index in [1.165, 1.54) is 10.1 Å². The Bertz CT molecular complexity index is 1210. The minimum absolute atomic E-state index is 0.137. The van der Waals surface area contributed by atoms with Gasteiger partial charge in [0.05, 0.1) is 27.5 Å². The molecule has 0 saturated carbocycles. The zero-order chi connectivity index (χ0) is 23.8. The molecule has 2 aromatic heterocycles. The molecule has 1 fully saturated rings. The molecule has 2 aliphatic rings. The Morgan fingerprint density at radius 2 is 1.82 bits per heavy atom. The third-order valence-corrected chi connectivity index (χ3v) is 7.12. The Hall–Kier alpha value is -2.57. The number of rotatable bonds is 2. The number of nitrogens with zero attached hydrogens (tertiary/aromatic N) is 4. The van der Waals surface area contributed by atoms with Gasteiger partial charge in [0.25, 0.3) is 5.56 Å². The van der Waals surface area contributed by atoms with Crippen molar-refractivity contribution in [2.75, 3.05) is 18.0 Å². The third kappa shape index (κ3) is 4.22. The van der Waals surface area contributed by atoms with Gasteiger partial charge in [0.15, 0.2) is 0 Å². The van der Waals surface area contributed by atoms with Crippen LogP contribution in [0.4, 0.5) is 5.82 Å². The monoisotopic (exact) mass is 486 g/mol. The standard InChI is InChI=1S/C23H22Cl2N4O2.C2H6/c1-14-21(27-15(2)29(22(14)30)18-5-3-4-17(24)20(18)25)28-10-7-23(8-11-28)12-16-6-9-26-13-19(16)31-23;1-2/h3-6,9,13H,7-8,10-12H2,1-2H3;1-2H3. The van der Waals surface area contributed by atoms with E-state index in [1.54, 1.807) is 24.4 Å². The van der Waals surface area contributed by atoms with Gasteiger partial charge in [0.1, 0.15) is 23.0 Å². The van der Waals surface area contributed by atoms with Crippen molar-refractivity contribution < 1.29 is 4.74 Å². The highest BCUT2D eigenvalue weighted by molar-refractivity contribution is 6.43. The molecule has 0 radical (unpaired) electrons. The topological polar surface area (TPSA) is 60.2 Å². The predicted octanol–water partition coefficient (Wildman–Crippen LogP) is 5.55. The SMILES string of the molecule is CC.Cc1c(N2CCC3(CC2)Cc2ccncc2O3)nc(C)n(-c2cccc(Cl)c2Cl)c1=O. The average Bonchev–Trinajstić information content (AvgIpc) is 3.18. The van der Waals surface area contributed by atoms with Crippen LogP contribution in [-0.4, -0.2) is 33.2 Å². The number of pyridine rings is 1. The zero-order valence-electron chi connectivity index (χ0n) is 19.4. The van der Waals surface area contributed by atoms with Crippen molar-refractivity contribution in [3.8, 4) is 11.4 Å². The summed E-state index contributed by atoms with van der Waals surface area (Å²) in [6, 6.07) is 7.29. The summed E-state index contributed by atoms with van der Waals surface area (Å²) in [5.41, 5.74) is 2.03. The van der Waals surface area contributed by atoms with Gasteiger partial charge in [-0.25, -0.2) is 4.98 Å². The van der Waals surface area contributed by atoms with E-state index in [4.69, 9.17) is 32.9 Å². The number of hydrogen-bond donors (Lipinski definition) is 0. The van der Waals surface area contributed by atoms with Crippen LogP contribution in [0.2, 0.25) is 10.0 Å². The van der Waals surface area contributed by atoms with Crippen molar-refractivity contribution in [1.29, 1.82) is 0 Å². The van der Waals surface area contributed by atoms with E-state index in [0.29, 0.717) is 27.1 Å². The molecule has 4 heterocycles. The molecule has 174 valence electrons. The molecule has 3 aromatic rings. The molecule has 1 aromatic carbocycles. The van der Waals surface area contributed by atoms with Crippen molar-refractivity contribution in [1.82, 2.24) is 14.5 Å². The molecule has 8 heteroatoms. The van der Waals surface area contributed by atoms with Crippen molar-refractivity contribution in [2.45, 2.75) is 52.6 Å². The summed E-state index contributed by atoms with van der Waals surface area (Å²) in [7, 11) is 0. The van der Waals surface area contributed by atoms with Crippen LogP contribution >= 0.6 is 23.2 Å². The van der Waals surface area contributed by atoms with Crippen molar-refractivity contribution >= 4 is 29.0 Å². The maximum Gasteiger partial charge on any atom is 0.263 e. The van der Waals surface area contributed by atoms with E-state index >= 15 is 0 Å². The number of hydrogen-bond acceptors (Lipinski definition) is 5. The lowest BCUT2D eigenvalue weighted by Gasteiger charge is -2.39. The number of fused-ring (bicyclic) bond motifs is 1. The second-order valence-corrected chi connectivity index (χ2v) is 9.04. The number of halogens is 2. The van der Waals surface area contributed by atoms with Crippen molar-refractivity contribution in [3.05, 3.63) is 74.0 Å². The van der Waals surface area contributed by atoms with Gasteiger partial charge in [-0.05, 0) is 32.0 Å². The van der Waals surface area contributed by atoms with Crippen molar-refractivity contribution in [3.63, 3.8) is 0 Å². The summed E-state index contributed by atoms with van der Waals surface area (Å²) < 4.78 is 7.83. The highest BCUT2D eigenvalue weighted by Crippen LogP contribution is 2.41. The lowest BCUT2D eigenvalue weighted by Crippen LogP contribution is -2.48. The zero-order valence-corrected chi connectivity index (χ0v) is 20.9. The van der Waals surface area contributed by atoms with Crippen LogP contribution < -0.4 is 15.2 Å². The Labute approximate surface area is 204 Å². The minimum Gasteiger partial charge on any atom is -0.485 e. The molecule has 5 rings (SSSR count). The minimum atomic E-state index is -0.186. The van der Waals surface area contributed by atoms with Crippen LogP contribution in [0.3, 0.4) is 0 Å². The van der Waals surface area contributed by atoms with Gasteiger partial charge in [-0.15, -0.1) is 0 Å². The Balaban J connectivity index is 0.00000126. The number of aryl methyl sites for hydroxylation is 1. The fourth-order valence-corrected chi connectivity index (χ4v) is 5.00. The number of ether oxygens (including phenoxy) is 1. The first-order chi connectivity index (χ1) is 15.9. The van der Waals surface area contributed by atoms with Crippen LogP contribution in [0.25, 0.3) is 5.69 Å². The second kappa shape index (κ2) is 9.35. The molecule has 0 unspecified atom stereocenters. The number of anilines is 1. The summed E-state index contributed by atoms with van der Waals surface area (Å²) in [4.78, 5) is 24.4. The molecular weight excluding hydrogens is 459 g/mol. The van der Waals surface area contributed by atoms with Gasteiger partial charge < -0.3 is 9.64 Å². The van der Waals surface area contributed by atoms with E-state index in [-0.39, 0.29) is 11.2 Å². The maximum atomic E-state index is 13.3. The first kappa shape index (κ1) is 23.6. The lowest BCUT2D eigenvalue weighted by molar-refractivity contribution is 0.0663. The second-order valence-electron chi connectivity index (χ2n) is 8.25. The number of piperidine rings is 1. The van der Waals surface area contributed by atoms with Crippen LogP contribution in [-0.2, 0) is 6.42 Å². The summed E-state index contributed by atoms with van der Waals surface area (Å²) in [5, 5.41) is 0.747. The van der Waals surface area contributed by atoms with E-state index in [2.05, 4.69) is 9.88 Å². The smallest absolute Gasteiger partial charge is 0.263 e. The fraction of sp³-hybridized carbons (Fsp3) is 0.400. The highest BCUT2D eigenvalue weighted by atomic mass is 35.5. The Morgan fingerprint density at radius 3 is 2.52 bits per heavy atom. The molecule has 0 bridgehead atoms. The molecule has 6 nitrogen and oxygen atoms in total. The van der Waals surface area contributed by atoms with Crippen molar-refractivity contribution in [2.24, 2.45) is 0 Å². The molecular formula is C25H28Cl2N4O2. The van der Waals surface area contributed by atoms with E-state index in [0.717, 1.165) is 43.9 Å². The van der Waals surface area contributed by atoms with Crippen LogP contribution in [0.1, 0.15) is 43.6 Å². The normalized spacial score (nSPS) is 16.1. The summed E-state index contributed by atoms with van der Waals surface area (Å²) in [6.07, 6.45) is 6.24. The maximum absolute atomic E-state index is 13.3. The number of aromatic nitrogens is 3. The summed E-state index contributed by atoms with van der Waals surface area (Å²) >= 11 is 12.5. The van der Waals surface area contributed by atoms with E-state index < -0.39 is 0 Å². The molecule has 0 aliphatic carbocycles. The van der Waals surface area contributed by atoms with Crippen LogP contribution in [0.5, 0.6) is 5.75 Å². The third-order valence-electron chi connectivity index (χ3n) is 6.31. The Morgan fingerprint density at radius 1 is 1.09 bits per heavy atom. The van der Waals surface area contributed by atoms with Gasteiger partial charge in [-0.3, -0.25) is 14.3 Å². The lowest BCUT2D eigenvalue weighted by atomic mass is 9.87. The molecule has 1 spiro atoms. The molecule has 0 atom stereocenters. The Kier molecular flexibility index (Phi) is 6.68. The first-order valence-corrected chi connectivity index (χ1v) is 12.1. The summed E-state index contributed by atoms with van der Waals surface area (Å²) in [5.74, 6) is 2.19. The van der Waals surface area contributed by atoms with Gasteiger partial charge >= 0.3 is 0 Å². The quantitative estimate of drug-likeness (QED) is 0.474. The van der Waals surface area contributed by atoms with Gasteiger partial charge in [0, 0.05) is 44.1 Å². The highest BCUT2D eigenvalue weighted by Gasteiger charge is 2.42. The largest absolute Gasteiger partial charge is 0.485 e. The van der Waals surface area contributed by atoms with E-state index in [9.17, 15) is 4.79 Å². The fourth-order valence-electron chi connectivity index (χ4n) is 4.62. The van der Waals surface area contributed by atoms with E-state index in [1.807, 2.05) is 40.0 Å². The van der Waals surface area contributed by atoms with Gasteiger partial charge in [-0.2, -0.15) is 0 Å². The molecule has 33 heavy (non-hydrogen) atoms. The molecule has 0 N–H and O–H groups in total. The first-order valence-electron chi connectivity index (χ1n) is 11.3. The number of benzene rings is 1. The van der Waals surface area contributed by atoms with Crippen LogP contribution in [0.15, 0.2) is 41.5 Å². The molecule has 1 saturated heterocycles.